The molecule has 0 spiro atoms. The van der Waals surface area contributed by atoms with Crippen molar-refractivity contribution < 1.29 is 0 Å². The second kappa shape index (κ2) is 2.67. The van der Waals surface area contributed by atoms with Crippen molar-refractivity contribution in [2.24, 2.45) is 10.3 Å². The minimum absolute atomic E-state index is 0.740. The van der Waals surface area contributed by atoms with Crippen molar-refractivity contribution >= 4 is 18.2 Å². The van der Waals surface area contributed by atoms with E-state index in [0.717, 1.165) is 11.2 Å². The topological polar surface area (TPSA) is 12.4 Å². The molecule has 0 saturated heterocycles. The zero-order valence-corrected chi connectivity index (χ0v) is 7.82. The van der Waals surface area contributed by atoms with Gasteiger partial charge in [-0.3, -0.25) is 0 Å². The summed E-state index contributed by atoms with van der Waals surface area (Å²) in [6.07, 6.45) is 4.62. The van der Waals surface area contributed by atoms with Crippen molar-refractivity contribution in [3.63, 3.8) is 0 Å². The smallest absolute Gasteiger partial charge is 0.0384 e. The third kappa shape index (κ3) is 1.24. The molecule has 2 heteroatoms. The molecule has 2 rings (SSSR count). The summed E-state index contributed by atoms with van der Waals surface area (Å²) in [7, 11) is 0. The number of hydrogen-bond donors (Lipinski definition) is 0. The van der Waals surface area contributed by atoms with Crippen molar-refractivity contribution in [2.75, 3.05) is 0 Å². The molecule has 1 nitrogen and oxygen atoms in total. The largest absolute Gasteiger partial charge is 0.228 e. The summed E-state index contributed by atoms with van der Waals surface area (Å²) in [6.45, 7) is 4.51. The molecule has 1 heterocycles. The molecule has 2 atom stereocenters. The van der Waals surface area contributed by atoms with Crippen molar-refractivity contribution in [3.8, 4) is 0 Å². The molecule has 60 valence electrons. The van der Waals surface area contributed by atoms with Crippen LogP contribution in [-0.4, -0.2) is 11.5 Å². The Kier molecular flexibility index (Phi) is 1.80. The lowest BCUT2D eigenvalue weighted by atomic mass is 9.85. The summed E-state index contributed by atoms with van der Waals surface area (Å²) in [5, 5.41) is 0.763. The van der Waals surface area contributed by atoms with Gasteiger partial charge in [0.25, 0.3) is 0 Å². The van der Waals surface area contributed by atoms with Crippen LogP contribution < -0.4 is 0 Å². The van der Waals surface area contributed by atoms with E-state index in [0.29, 0.717) is 0 Å². The van der Waals surface area contributed by atoms with Gasteiger partial charge in [0.05, 0.1) is 0 Å². The van der Waals surface area contributed by atoms with Crippen LogP contribution in [0.15, 0.2) is 15.5 Å². The van der Waals surface area contributed by atoms with Gasteiger partial charge >= 0.3 is 0 Å². The van der Waals surface area contributed by atoms with Gasteiger partial charge in [0.1, 0.15) is 0 Å². The highest BCUT2D eigenvalue weighted by molar-refractivity contribution is 7.99. The van der Waals surface area contributed by atoms with E-state index in [-0.39, 0.29) is 0 Å². The van der Waals surface area contributed by atoms with Crippen LogP contribution in [0.3, 0.4) is 0 Å². The van der Waals surface area contributed by atoms with Crippen molar-refractivity contribution in [1.82, 2.24) is 0 Å². The van der Waals surface area contributed by atoms with Crippen molar-refractivity contribution in [2.45, 2.75) is 31.9 Å². The van der Waals surface area contributed by atoms with Gasteiger partial charge in [-0.05, 0) is 38.6 Å². The first-order valence-electron chi connectivity index (χ1n) is 4.12. The van der Waals surface area contributed by atoms with E-state index in [4.69, 9.17) is 0 Å². The van der Waals surface area contributed by atoms with Crippen LogP contribution in [0.5, 0.6) is 0 Å². The molecule has 0 aromatic rings. The van der Waals surface area contributed by atoms with Crippen LogP contribution in [0.1, 0.15) is 26.7 Å². The molecule has 0 radical (unpaired) electrons. The quantitative estimate of drug-likeness (QED) is 0.399. The number of hydrogen-bond acceptors (Lipinski definition) is 2. The fraction of sp³-hybridized carbons (Fsp3) is 0.667. The van der Waals surface area contributed by atoms with E-state index < -0.39 is 0 Å². The Bertz CT molecular complexity index is 230. The second-order valence-corrected chi connectivity index (χ2v) is 4.56. The van der Waals surface area contributed by atoms with E-state index in [1.807, 2.05) is 0 Å². The van der Waals surface area contributed by atoms with Gasteiger partial charge in [0, 0.05) is 17.4 Å². The maximum Gasteiger partial charge on any atom is 0.0384 e. The summed E-state index contributed by atoms with van der Waals surface area (Å²) in [5.74, 6) is 0.740. The maximum absolute atomic E-state index is 4.26. The molecule has 0 amide bonds. The molecule has 0 bridgehead atoms. The van der Waals surface area contributed by atoms with Crippen LogP contribution in [0.2, 0.25) is 0 Å². The second-order valence-electron chi connectivity index (χ2n) is 3.53. The van der Waals surface area contributed by atoms with Gasteiger partial charge in [-0.1, -0.05) is 11.1 Å². The van der Waals surface area contributed by atoms with Crippen molar-refractivity contribution in [1.29, 1.82) is 0 Å². The normalized spacial score (nSPS) is 36.2. The van der Waals surface area contributed by atoms with E-state index in [2.05, 4.69) is 24.5 Å². The predicted octanol–water partition coefficient (Wildman–Crippen LogP) is 2.83. The SMILES string of the molecule is CC1=C(C)CC2SN=CC2C1. The van der Waals surface area contributed by atoms with Crippen LogP contribution in [0.4, 0.5) is 0 Å². The molecule has 2 aliphatic rings. The Morgan fingerprint density at radius 3 is 2.91 bits per heavy atom. The van der Waals surface area contributed by atoms with E-state index >= 15 is 0 Å². The minimum atomic E-state index is 0.740. The fourth-order valence-electron chi connectivity index (χ4n) is 1.74. The summed E-state index contributed by atoms with van der Waals surface area (Å²) in [6, 6.07) is 0. The van der Waals surface area contributed by atoms with Gasteiger partial charge in [0.15, 0.2) is 0 Å². The molecule has 0 saturated carbocycles. The van der Waals surface area contributed by atoms with E-state index in [1.54, 1.807) is 23.1 Å². The lowest BCUT2D eigenvalue weighted by Crippen LogP contribution is -2.20. The molecular formula is C9H13NS. The zero-order chi connectivity index (χ0) is 7.84. The minimum Gasteiger partial charge on any atom is -0.228 e. The van der Waals surface area contributed by atoms with Gasteiger partial charge in [0.2, 0.25) is 0 Å². The average Bonchev–Trinajstić information content (AvgIpc) is 2.36. The number of allylic oxidation sites excluding steroid dienone is 2. The first-order chi connectivity index (χ1) is 5.27. The molecular weight excluding hydrogens is 154 g/mol. The molecule has 0 aromatic heterocycles. The van der Waals surface area contributed by atoms with Gasteiger partial charge in [-0.15, -0.1) is 0 Å². The summed E-state index contributed by atoms with van der Waals surface area (Å²) < 4.78 is 4.26. The van der Waals surface area contributed by atoms with Gasteiger partial charge in [-0.25, -0.2) is 4.40 Å². The Morgan fingerprint density at radius 1 is 1.36 bits per heavy atom. The molecule has 2 unspecified atom stereocenters. The summed E-state index contributed by atoms with van der Waals surface area (Å²) in [5.41, 5.74) is 3.17. The molecule has 1 aliphatic carbocycles. The molecule has 11 heavy (non-hydrogen) atoms. The molecule has 0 fully saturated rings. The number of rotatable bonds is 0. The lowest BCUT2D eigenvalue weighted by Gasteiger charge is -2.24. The van der Waals surface area contributed by atoms with E-state index in [9.17, 15) is 0 Å². The van der Waals surface area contributed by atoms with E-state index in [1.165, 1.54) is 12.8 Å². The highest BCUT2D eigenvalue weighted by Gasteiger charge is 2.29. The van der Waals surface area contributed by atoms with Crippen LogP contribution in [0, 0.1) is 5.92 Å². The van der Waals surface area contributed by atoms with Gasteiger partial charge in [-0.2, -0.15) is 0 Å². The zero-order valence-electron chi connectivity index (χ0n) is 7.00. The van der Waals surface area contributed by atoms with Crippen LogP contribution in [-0.2, 0) is 0 Å². The third-order valence-corrected chi connectivity index (χ3v) is 3.73. The van der Waals surface area contributed by atoms with Crippen molar-refractivity contribution in [3.05, 3.63) is 11.1 Å². The maximum atomic E-state index is 4.26. The third-order valence-electron chi connectivity index (χ3n) is 2.70. The standard InChI is InChI=1S/C9H13NS/c1-6-3-8-5-10-11-9(8)4-7(6)2/h5,8-9H,3-4H2,1-2H3. The summed E-state index contributed by atoms with van der Waals surface area (Å²) >= 11 is 1.77. The predicted molar refractivity (Wildman–Crippen MR) is 51.0 cm³/mol. The summed E-state index contributed by atoms with van der Waals surface area (Å²) in [4.78, 5) is 0. The lowest BCUT2D eigenvalue weighted by molar-refractivity contribution is 0.609. The highest BCUT2D eigenvalue weighted by Crippen LogP contribution is 2.39. The van der Waals surface area contributed by atoms with Crippen LogP contribution in [0.25, 0.3) is 0 Å². The monoisotopic (exact) mass is 167 g/mol. The molecule has 0 N–H and O–H groups in total. The average molecular weight is 167 g/mol. The number of nitrogens with zero attached hydrogens (tertiary/aromatic N) is 1. The molecule has 0 aromatic carbocycles. The number of fused-ring (bicyclic) bond motifs is 1. The molecule has 1 aliphatic heterocycles. The fourth-order valence-corrected chi connectivity index (χ4v) is 2.77. The Balaban J connectivity index is 2.19. The van der Waals surface area contributed by atoms with Crippen LogP contribution >= 0.6 is 11.9 Å². The Labute approximate surface area is 72.1 Å². The first kappa shape index (κ1) is 7.41. The Morgan fingerprint density at radius 2 is 2.09 bits per heavy atom. The highest BCUT2D eigenvalue weighted by atomic mass is 32.2. The Hall–Kier alpha value is -0.240. The van der Waals surface area contributed by atoms with Gasteiger partial charge < -0.3 is 0 Å². The first-order valence-corrected chi connectivity index (χ1v) is 4.95.